The monoisotopic (exact) mass is 1240 g/mol. The molecule has 10 heteroatoms. The summed E-state index contributed by atoms with van der Waals surface area (Å²) < 4.78 is 24.0. The number of ether oxygens (including phenoxy) is 4. The van der Waals surface area contributed by atoms with Crippen LogP contribution in [0.5, 0.6) is 0 Å². The highest BCUT2D eigenvalue weighted by atomic mass is 16.6. The van der Waals surface area contributed by atoms with E-state index in [1.54, 1.807) is 0 Å². The Balaban J connectivity index is 5.91. The van der Waals surface area contributed by atoms with Crippen molar-refractivity contribution in [3.8, 4) is 0 Å². The van der Waals surface area contributed by atoms with Gasteiger partial charge in [-0.05, 0) is 128 Å². The predicted octanol–water partition coefficient (Wildman–Crippen LogP) is 22.8. The van der Waals surface area contributed by atoms with Gasteiger partial charge in [0.1, 0.15) is 12.7 Å². The molecule has 2 N–H and O–H groups in total. The molecule has 0 aliphatic carbocycles. The van der Waals surface area contributed by atoms with Crippen LogP contribution >= 0.6 is 0 Å². The van der Waals surface area contributed by atoms with Crippen molar-refractivity contribution in [2.45, 2.75) is 412 Å². The summed E-state index contributed by atoms with van der Waals surface area (Å²) in [4.78, 5) is 54.7. The largest absolute Gasteiger partial charge is 0.462 e. The number of rotatable bonds is 69. The molecule has 0 amide bonds. The molecule has 0 aromatic heterocycles. The highest BCUT2D eigenvalue weighted by Crippen LogP contribution is 2.23. The fourth-order valence-electron chi connectivity index (χ4n) is 11.3. The second kappa shape index (κ2) is 69.6. The number of allylic oxidation sites excluding steroid dienone is 8. The third-order valence-corrected chi connectivity index (χ3v) is 17.1. The zero-order chi connectivity index (χ0) is 64.1. The van der Waals surface area contributed by atoms with E-state index in [0.717, 1.165) is 154 Å². The van der Waals surface area contributed by atoms with Crippen LogP contribution < -0.4 is 0 Å². The molecule has 0 spiro atoms. The Morgan fingerprint density at radius 2 is 0.500 bits per heavy atom. The number of carbonyl (C=O) groups is 4. The maximum Gasteiger partial charge on any atom is 0.306 e. The molecule has 0 radical (unpaired) electrons. The summed E-state index contributed by atoms with van der Waals surface area (Å²) in [5.41, 5.74) is 0. The van der Waals surface area contributed by atoms with Crippen LogP contribution in [-0.2, 0) is 38.1 Å². The van der Waals surface area contributed by atoms with E-state index in [-0.39, 0.29) is 25.7 Å². The van der Waals surface area contributed by atoms with Crippen molar-refractivity contribution in [1.82, 2.24) is 0 Å². The molecule has 0 bridgehead atoms. The van der Waals surface area contributed by atoms with E-state index in [9.17, 15) is 29.4 Å². The quantitative estimate of drug-likeness (QED) is 0.0261. The molecule has 514 valence electrons. The van der Waals surface area contributed by atoms with Crippen molar-refractivity contribution in [3.05, 3.63) is 48.6 Å². The molecule has 0 heterocycles. The van der Waals surface area contributed by atoms with Crippen LogP contribution in [0.4, 0.5) is 0 Å². The first-order chi connectivity index (χ1) is 43.2. The smallest absolute Gasteiger partial charge is 0.306 e. The topological polar surface area (TPSA) is 146 Å². The van der Waals surface area contributed by atoms with Gasteiger partial charge in [-0.25, -0.2) is 0 Å². The molecular formula is C78H142O10. The first-order valence-corrected chi connectivity index (χ1v) is 37.9. The molecule has 0 saturated heterocycles. The van der Waals surface area contributed by atoms with Gasteiger partial charge >= 0.3 is 23.9 Å². The second-order valence-corrected chi connectivity index (χ2v) is 25.7. The molecule has 0 rings (SSSR count). The summed E-state index contributed by atoms with van der Waals surface area (Å²) >= 11 is 0. The first kappa shape index (κ1) is 84.8. The van der Waals surface area contributed by atoms with Crippen LogP contribution in [-0.4, -0.2) is 71.7 Å². The minimum Gasteiger partial charge on any atom is -0.462 e. The Labute approximate surface area is 543 Å². The van der Waals surface area contributed by atoms with Crippen molar-refractivity contribution in [3.63, 3.8) is 0 Å². The van der Waals surface area contributed by atoms with Gasteiger partial charge in [-0.15, -0.1) is 0 Å². The molecule has 0 aliphatic heterocycles. The predicted molar refractivity (Wildman–Crippen MR) is 371 cm³/mol. The van der Waals surface area contributed by atoms with E-state index in [4.69, 9.17) is 18.9 Å². The van der Waals surface area contributed by atoms with E-state index >= 15 is 0 Å². The molecule has 0 aromatic rings. The van der Waals surface area contributed by atoms with Crippen LogP contribution in [0.15, 0.2) is 48.6 Å². The molecule has 4 atom stereocenters. The van der Waals surface area contributed by atoms with Gasteiger partial charge in [0, 0.05) is 25.7 Å². The van der Waals surface area contributed by atoms with E-state index in [1.807, 2.05) is 0 Å². The number of carbonyl (C=O) groups excluding carboxylic acids is 4. The van der Waals surface area contributed by atoms with Crippen molar-refractivity contribution in [1.29, 1.82) is 0 Å². The lowest BCUT2D eigenvalue weighted by Crippen LogP contribution is -2.53. The Morgan fingerprint density at radius 1 is 0.284 bits per heavy atom. The molecule has 88 heavy (non-hydrogen) atoms. The average Bonchev–Trinajstić information content (AvgIpc) is 3.65. The van der Waals surface area contributed by atoms with E-state index < -0.39 is 61.5 Å². The van der Waals surface area contributed by atoms with Crippen molar-refractivity contribution in [2.24, 2.45) is 0 Å². The number of aliphatic hydroxyl groups excluding tert-OH is 2. The average molecular weight is 1240 g/mol. The maximum atomic E-state index is 13.9. The van der Waals surface area contributed by atoms with Gasteiger partial charge in [-0.2, -0.15) is 0 Å². The fraction of sp³-hybridized carbons (Fsp3) is 0.846. The first-order valence-electron chi connectivity index (χ1n) is 37.9. The summed E-state index contributed by atoms with van der Waals surface area (Å²) in [6.07, 6.45) is 71.0. The maximum absolute atomic E-state index is 13.9. The highest BCUT2D eigenvalue weighted by Gasteiger charge is 2.42. The van der Waals surface area contributed by atoms with Crippen LogP contribution in [0.3, 0.4) is 0 Å². The molecule has 10 nitrogen and oxygen atoms in total. The van der Waals surface area contributed by atoms with Gasteiger partial charge in [-0.1, -0.05) is 282 Å². The fourth-order valence-corrected chi connectivity index (χ4v) is 11.3. The zero-order valence-corrected chi connectivity index (χ0v) is 58.1. The third-order valence-electron chi connectivity index (χ3n) is 17.1. The van der Waals surface area contributed by atoms with Gasteiger partial charge in [-0.3, -0.25) is 19.2 Å². The normalized spacial score (nSPS) is 13.3. The van der Waals surface area contributed by atoms with Gasteiger partial charge < -0.3 is 29.2 Å². The summed E-state index contributed by atoms with van der Waals surface area (Å²) in [6.45, 7) is 7.73. The molecule has 0 unspecified atom stereocenters. The van der Waals surface area contributed by atoms with Crippen molar-refractivity contribution in [2.75, 3.05) is 13.2 Å². The zero-order valence-electron chi connectivity index (χ0n) is 58.1. The summed E-state index contributed by atoms with van der Waals surface area (Å²) in [5, 5.41) is 21.8. The number of hydrogen-bond donors (Lipinski definition) is 2. The Hall–Kier alpha value is -3.24. The number of hydrogen-bond acceptors (Lipinski definition) is 10. The molecule has 0 fully saturated rings. The lowest BCUT2D eigenvalue weighted by atomic mass is 10.0. The van der Waals surface area contributed by atoms with Gasteiger partial charge in [0.05, 0.1) is 6.61 Å². The van der Waals surface area contributed by atoms with Crippen LogP contribution in [0.25, 0.3) is 0 Å². The summed E-state index contributed by atoms with van der Waals surface area (Å²) in [7, 11) is 0. The molecule has 0 aliphatic rings. The highest BCUT2D eigenvalue weighted by molar-refractivity contribution is 5.72. The Kier molecular flexibility index (Phi) is 67.1. The number of unbranched alkanes of at least 4 members (excludes halogenated alkanes) is 44. The molecule has 0 saturated carbocycles. The molecule has 0 aromatic carbocycles. The second-order valence-electron chi connectivity index (χ2n) is 25.7. The van der Waals surface area contributed by atoms with Crippen LogP contribution in [0.1, 0.15) is 387 Å². The number of aliphatic hydroxyl groups is 2. The minimum absolute atomic E-state index is 0.0598. The van der Waals surface area contributed by atoms with E-state index in [2.05, 4.69) is 76.3 Å². The third kappa shape index (κ3) is 60.3. The molecular weight excluding hydrogens is 1100 g/mol. The Morgan fingerprint density at radius 3 is 0.761 bits per heavy atom. The summed E-state index contributed by atoms with van der Waals surface area (Å²) in [6, 6.07) is 0. The van der Waals surface area contributed by atoms with Crippen molar-refractivity contribution >= 4 is 23.9 Å². The van der Waals surface area contributed by atoms with Crippen molar-refractivity contribution < 1.29 is 48.3 Å². The van der Waals surface area contributed by atoms with Gasteiger partial charge in [0.25, 0.3) is 0 Å². The SMILES string of the molecule is CCCCCCCCC=CCCCCCCCC(=O)OC[C@H](OC(=O)CCCCCCCC=CCCCCCCCC)[C@@H](OC(=O)CCCCCCCC=CCCCCCCCC)[C@H](OC(=O)CCCCCCCC=CCCCCCCCC)[C@H](O)CO. The Bertz CT molecular complexity index is 1640. The standard InChI is InChI=1S/C78H142O10/c1-5-9-13-17-21-25-29-33-37-41-45-49-53-57-61-65-73(81)85-70-72(86-74(82)66-62-58-54-50-46-42-38-34-30-26-22-18-14-10-6-2)78(88-76(84)68-64-60-56-52-48-44-40-36-32-28-24-20-16-12-8-4)77(71(80)69-79)87-75(83)67-63-59-55-51-47-43-39-35-31-27-23-19-15-11-7-3/h33-40,71-72,77-80H,5-32,41-70H2,1-4H3/t71-,72+,77-,78-/m1/s1. The van der Waals surface area contributed by atoms with Gasteiger partial charge in [0.15, 0.2) is 18.3 Å². The van der Waals surface area contributed by atoms with Gasteiger partial charge in [0.2, 0.25) is 0 Å². The van der Waals surface area contributed by atoms with E-state index in [0.29, 0.717) is 25.7 Å². The van der Waals surface area contributed by atoms with E-state index in [1.165, 1.54) is 154 Å². The minimum atomic E-state index is -1.67. The lowest BCUT2D eigenvalue weighted by Gasteiger charge is -2.34. The van der Waals surface area contributed by atoms with Crippen LogP contribution in [0.2, 0.25) is 0 Å². The lowest BCUT2D eigenvalue weighted by molar-refractivity contribution is -0.202. The van der Waals surface area contributed by atoms with Crippen LogP contribution in [0, 0.1) is 0 Å². The summed E-state index contributed by atoms with van der Waals surface area (Å²) in [5.74, 6) is -2.27. The number of esters is 4.